The highest BCUT2D eigenvalue weighted by Gasteiger charge is 2.14. The lowest BCUT2D eigenvalue weighted by Crippen LogP contribution is -2.29. The monoisotopic (exact) mass is 470 g/mol. The van der Waals surface area contributed by atoms with Crippen LogP contribution in [0, 0.1) is 0 Å². The van der Waals surface area contributed by atoms with Gasteiger partial charge in [0.1, 0.15) is 0 Å². The van der Waals surface area contributed by atoms with Gasteiger partial charge in [-0.05, 0) is 54.8 Å². The number of carbonyl (C=O) groups excluding carboxylic acids is 2. The molecule has 0 fully saturated rings. The number of benzene rings is 3. The zero-order valence-electron chi connectivity index (χ0n) is 17.8. The third kappa shape index (κ3) is 8.23. The number of hydrogen-bond acceptors (Lipinski definition) is 5. The number of esters is 1. The van der Waals surface area contributed by atoms with Gasteiger partial charge in [-0.2, -0.15) is 8.78 Å². The molecule has 0 aromatic heterocycles. The first-order valence-electron chi connectivity index (χ1n) is 10.4. The quantitative estimate of drug-likeness (QED) is 0.215. The summed E-state index contributed by atoms with van der Waals surface area (Å²) in [5, 5.41) is 5.83. The van der Waals surface area contributed by atoms with Gasteiger partial charge >= 0.3 is 5.97 Å². The fourth-order valence-electron chi connectivity index (χ4n) is 3.07. The largest absolute Gasteiger partial charge is 0.452 e. The molecule has 5 nitrogen and oxygen atoms in total. The molecule has 0 atom stereocenters. The van der Waals surface area contributed by atoms with Crippen LogP contribution in [-0.2, 0) is 16.0 Å². The number of para-hydroxylation sites is 1. The Balaban J connectivity index is 1.47. The van der Waals surface area contributed by atoms with E-state index in [1.54, 1.807) is 48.5 Å². The summed E-state index contributed by atoms with van der Waals surface area (Å²) in [5.41, 5.74) is 2.58. The Bertz CT molecular complexity index is 1050. The van der Waals surface area contributed by atoms with Crippen LogP contribution >= 0.6 is 11.8 Å². The molecular weight excluding hydrogens is 446 g/mol. The molecule has 0 heterocycles. The number of halogens is 2. The summed E-state index contributed by atoms with van der Waals surface area (Å²) in [5.74, 6) is -3.49. The molecule has 0 unspecified atom stereocenters. The van der Waals surface area contributed by atoms with Crippen LogP contribution in [0.15, 0.2) is 83.8 Å². The second kappa shape index (κ2) is 12.6. The molecule has 3 aromatic rings. The second-order valence-corrected chi connectivity index (χ2v) is 8.15. The van der Waals surface area contributed by atoms with Gasteiger partial charge in [0.25, 0.3) is 11.7 Å². The summed E-state index contributed by atoms with van der Waals surface area (Å²) in [6, 6.07) is 23.1. The van der Waals surface area contributed by atoms with Crippen LogP contribution in [0.5, 0.6) is 0 Å². The fourth-order valence-corrected chi connectivity index (χ4v) is 3.57. The molecule has 0 saturated heterocycles. The predicted molar refractivity (Wildman–Crippen MR) is 126 cm³/mol. The molecule has 0 aliphatic rings. The number of nitrogens with one attached hydrogen (secondary N) is 2. The minimum absolute atomic E-state index is 0.264. The first-order chi connectivity index (χ1) is 16.0. The molecule has 2 N–H and O–H groups in total. The number of aryl methyl sites for hydroxylation is 1. The van der Waals surface area contributed by atoms with E-state index >= 15 is 0 Å². The van der Waals surface area contributed by atoms with Crippen LogP contribution in [0.4, 0.5) is 20.2 Å². The Morgan fingerprint density at radius 2 is 1.61 bits per heavy atom. The molecule has 0 spiro atoms. The lowest BCUT2D eigenvalue weighted by atomic mass is 10.1. The second-order valence-electron chi connectivity index (χ2n) is 7.09. The molecule has 3 aromatic carbocycles. The molecule has 0 aliphatic carbocycles. The number of rotatable bonds is 11. The third-order valence-corrected chi connectivity index (χ3v) is 5.37. The first kappa shape index (κ1) is 24.3. The van der Waals surface area contributed by atoms with Gasteiger partial charge in [0, 0.05) is 17.1 Å². The maximum absolute atomic E-state index is 12.5. The minimum Gasteiger partial charge on any atom is -0.452 e. The third-order valence-electron chi connectivity index (χ3n) is 4.65. The van der Waals surface area contributed by atoms with Crippen molar-refractivity contribution in [3.8, 4) is 0 Å². The van der Waals surface area contributed by atoms with E-state index in [2.05, 4.69) is 10.6 Å². The van der Waals surface area contributed by atoms with Gasteiger partial charge in [-0.3, -0.25) is 4.79 Å². The number of amides is 1. The van der Waals surface area contributed by atoms with Gasteiger partial charge in [-0.1, -0.05) is 54.2 Å². The van der Waals surface area contributed by atoms with E-state index in [0.29, 0.717) is 34.6 Å². The highest BCUT2D eigenvalue weighted by molar-refractivity contribution is 7.99. The van der Waals surface area contributed by atoms with E-state index in [0.717, 1.165) is 12.8 Å². The molecule has 8 heteroatoms. The van der Waals surface area contributed by atoms with Crippen molar-refractivity contribution in [2.45, 2.75) is 23.5 Å². The summed E-state index contributed by atoms with van der Waals surface area (Å²) in [7, 11) is 0. The Kier molecular flexibility index (Phi) is 9.26. The first-order valence-corrected chi connectivity index (χ1v) is 11.3. The van der Waals surface area contributed by atoms with Crippen LogP contribution < -0.4 is 10.6 Å². The maximum Gasteiger partial charge on any atom is 0.340 e. The van der Waals surface area contributed by atoms with Crippen molar-refractivity contribution < 1.29 is 23.1 Å². The summed E-state index contributed by atoms with van der Waals surface area (Å²) in [4.78, 5) is 25.0. The summed E-state index contributed by atoms with van der Waals surface area (Å²) < 4.78 is 30.1. The van der Waals surface area contributed by atoms with Gasteiger partial charge in [-0.15, -0.1) is 0 Å². The van der Waals surface area contributed by atoms with Gasteiger partial charge in [-0.25, -0.2) is 4.79 Å². The molecule has 33 heavy (non-hydrogen) atoms. The van der Waals surface area contributed by atoms with Gasteiger partial charge in [0.05, 0.1) is 11.3 Å². The van der Waals surface area contributed by atoms with E-state index in [-0.39, 0.29) is 18.1 Å². The zero-order chi connectivity index (χ0) is 23.5. The highest BCUT2D eigenvalue weighted by atomic mass is 32.2. The van der Waals surface area contributed by atoms with E-state index in [9.17, 15) is 18.4 Å². The topological polar surface area (TPSA) is 67.4 Å². The zero-order valence-corrected chi connectivity index (χ0v) is 18.6. The normalized spacial score (nSPS) is 10.6. The Hall–Kier alpha value is -3.39. The lowest BCUT2D eigenvalue weighted by Gasteiger charge is -2.12. The molecule has 172 valence electrons. The average Bonchev–Trinajstić information content (AvgIpc) is 2.82. The van der Waals surface area contributed by atoms with Gasteiger partial charge < -0.3 is 15.4 Å². The van der Waals surface area contributed by atoms with Crippen molar-refractivity contribution in [1.82, 2.24) is 5.32 Å². The number of thioether (sulfide) groups is 1. The summed E-state index contributed by atoms with van der Waals surface area (Å²) >= 11 is 0.463. The van der Waals surface area contributed by atoms with Gasteiger partial charge in [0.15, 0.2) is 6.61 Å². The number of carbonyl (C=O) groups is 2. The Morgan fingerprint density at radius 3 is 2.33 bits per heavy atom. The number of ether oxygens (including phenoxy) is 1. The fraction of sp³-hybridized carbons (Fsp3) is 0.200. The van der Waals surface area contributed by atoms with Gasteiger partial charge in [0.2, 0.25) is 0 Å². The van der Waals surface area contributed by atoms with Crippen molar-refractivity contribution in [2.75, 3.05) is 18.5 Å². The van der Waals surface area contributed by atoms with E-state index in [4.69, 9.17) is 4.74 Å². The van der Waals surface area contributed by atoms with Crippen molar-refractivity contribution >= 4 is 35.0 Å². The molecule has 3 rings (SSSR count). The van der Waals surface area contributed by atoms with Crippen molar-refractivity contribution in [1.29, 1.82) is 0 Å². The van der Waals surface area contributed by atoms with Crippen LogP contribution in [0.25, 0.3) is 0 Å². The molecule has 1 amide bonds. The SMILES string of the molecule is O=C(COC(=O)c1ccccc1Nc1ccc(SC(F)F)cc1)NCCCc1ccccc1. The molecule has 0 saturated carbocycles. The molecule has 0 bridgehead atoms. The summed E-state index contributed by atoms with van der Waals surface area (Å²) in [6.07, 6.45) is 1.63. The molecule has 0 radical (unpaired) electrons. The standard InChI is InChI=1S/C25H24F2N2O3S/c26-25(27)33-20-14-12-19(13-15-20)29-22-11-5-4-10-21(22)24(31)32-17-23(30)28-16-6-9-18-7-2-1-3-8-18/h1-5,7-8,10-15,25,29H,6,9,16-17H2,(H,28,30). The Labute approximate surface area is 195 Å². The predicted octanol–water partition coefficient (Wildman–Crippen LogP) is 5.65. The highest BCUT2D eigenvalue weighted by Crippen LogP contribution is 2.28. The number of alkyl halides is 2. The van der Waals surface area contributed by atoms with E-state index in [1.807, 2.05) is 30.3 Å². The minimum atomic E-state index is -2.49. The van der Waals surface area contributed by atoms with Crippen molar-refractivity contribution in [3.05, 3.63) is 90.0 Å². The molecular formula is C25H24F2N2O3S. The average molecular weight is 471 g/mol. The Morgan fingerprint density at radius 1 is 0.909 bits per heavy atom. The van der Waals surface area contributed by atoms with Crippen LogP contribution in [0.1, 0.15) is 22.3 Å². The van der Waals surface area contributed by atoms with Crippen molar-refractivity contribution in [3.63, 3.8) is 0 Å². The number of hydrogen-bond donors (Lipinski definition) is 2. The van der Waals surface area contributed by atoms with Crippen LogP contribution in [0.3, 0.4) is 0 Å². The van der Waals surface area contributed by atoms with E-state index in [1.165, 1.54) is 5.56 Å². The van der Waals surface area contributed by atoms with Crippen molar-refractivity contribution in [2.24, 2.45) is 0 Å². The number of anilines is 2. The smallest absolute Gasteiger partial charge is 0.340 e. The molecule has 0 aliphatic heterocycles. The summed E-state index contributed by atoms with van der Waals surface area (Å²) in [6.45, 7) is 0.112. The lowest BCUT2D eigenvalue weighted by molar-refractivity contribution is -0.124. The maximum atomic E-state index is 12.5. The van der Waals surface area contributed by atoms with E-state index < -0.39 is 11.7 Å². The van der Waals surface area contributed by atoms with Crippen LogP contribution in [0.2, 0.25) is 0 Å². The van der Waals surface area contributed by atoms with Crippen LogP contribution in [-0.4, -0.2) is 30.8 Å².